The quantitative estimate of drug-likeness (QED) is 0.356. The lowest BCUT2D eigenvalue weighted by Gasteiger charge is -1.92. The van der Waals surface area contributed by atoms with Crippen LogP contribution in [0.15, 0.2) is 0 Å². The van der Waals surface area contributed by atoms with E-state index in [-0.39, 0.29) is 14.9 Å². The molecule has 0 rings (SSSR count). The summed E-state index contributed by atoms with van der Waals surface area (Å²) in [4.78, 5) is 10.4. The van der Waals surface area contributed by atoms with Crippen LogP contribution < -0.4 is 0 Å². The van der Waals surface area contributed by atoms with E-state index in [1.807, 2.05) is 0 Å². The molecule has 0 aromatic heterocycles. The number of carbonyl (C=O) groups is 1. The predicted octanol–water partition coefficient (Wildman–Crippen LogP) is 2.97. The highest BCUT2D eigenvalue weighted by Crippen LogP contribution is 2.05. The fourth-order valence-electron chi connectivity index (χ4n) is 0.597. The summed E-state index contributed by atoms with van der Waals surface area (Å²) in [5, 5.41) is 0. The number of carbonyl (C=O) groups excluding carboxylic acids is 1. The Morgan fingerprint density at radius 2 is 2.00 bits per heavy atom. The minimum atomic E-state index is 0. The summed E-state index contributed by atoms with van der Waals surface area (Å²) in [5.74, 6) is 0.308. The van der Waals surface area contributed by atoms with Gasteiger partial charge >= 0.3 is 0 Å². The first-order valence-electron chi connectivity index (χ1n) is 3.25. The minimum absolute atomic E-state index is 0. The standard InChI is InChI=1S/C6H13BOP.2CH4/c1-6(8)4-3-5-7-9-2;;/h9H,3-5H2,1-2H3;2*1H4. The Morgan fingerprint density at radius 3 is 2.36 bits per heavy atom. The molecule has 67 valence electrons. The fraction of sp³-hybridized carbons (Fsp3) is 0.875. The van der Waals surface area contributed by atoms with Gasteiger partial charge in [-0.3, -0.25) is 0 Å². The molecule has 11 heavy (non-hydrogen) atoms. The molecule has 0 aliphatic carbocycles. The molecule has 0 saturated carbocycles. The molecule has 1 atom stereocenters. The van der Waals surface area contributed by atoms with Crippen molar-refractivity contribution in [3.63, 3.8) is 0 Å². The second-order valence-electron chi connectivity index (χ2n) is 2.09. The van der Waals surface area contributed by atoms with Gasteiger partial charge in [-0.1, -0.05) is 34.3 Å². The molecule has 0 aliphatic rings. The molecule has 0 heterocycles. The summed E-state index contributed by atoms with van der Waals surface area (Å²) in [6.07, 6.45) is 2.89. The van der Waals surface area contributed by atoms with E-state index in [2.05, 4.69) is 13.7 Å². The van der Waals surface area contributed by atoms with Gasteiger partial charge in [0.1, 0.15) is 12.8 Å². The van der Waals surface area contributed by atoms with Crippen LogP contribution in [-0.4, -0.2) is 19.4 Å². The van der Waals surface area contributed by atoms with Crippen molar-refractivity contribution in [3.8, 4) is 0 Å². The molecule has 0 saturated heterocycles. The van der Waals surface area contributed by atoms with E-state index < -0.39 is 0 Å². The van der Waals surface area contributed by atoms with Crippen molar-refractivity contribution < 1.29 is 4.79 Å². The molecule has 1 unspecified atom stereocenters. The van der Waals surface area contributed by atoms with Crippen LogP contribution in [0.5, 0.6) is 0 Å². The van der Waals surface area contributed by atoms with Gasteiger partial charge in [0.05, 0.1) is 0 Å². The van der Waals surface area contributed by atoms with Crippen LogP contribution in [0.1, 0.15) is 34.6 Å². The first-order valence-corrected chi connectivity index (χ1v) is 4.83. The Kier molecular flexibility index (Phi) is 20.1. The highest BCUT2D eigenvalue weighted by Gasteiger charge is 1.92. The van der Waals surface area contributed by atoms with Crippen LogP contribution in [0.4, 0.5) is 0 Å². The molecule has 0 N–H and O–H groups in total. The van der Waals surface area contributed by atoms with Gasteiger partial charge in [0.25, 0.3) is 0 Å². The first kappa shape index (κ1) is 17.3. The highest BCUT2D eigenvalue weighted by molar-refractivity contribution is 7.70. The zero-order chi connectivity index (χ0) is 7.11. The van der Waals surface area contributed by atoms with Gasteiger partial charge in [-0.15, -0.1) is 0 Å². The molecular formula is C8H21BOP. The molecule has 1 radical (unpaired) electrons. The van der Waals surface area contributed by atoms with E-state index in [1.165, 1.54) is 0 Å². The Bertz CT molecular complexity index is 86.2. The van der Waals surface area contributed by atoms with E-state index in [0.717, 1.165) is 27.6 Å². The number of hydrogen-bond donors (Lipinski definition) is 0. The van der Waals surface area contributed by atoms with Crippen LogP contribution in [0.2, 0.25) is 6.32 Å². The van der Waals surface area contributed by atoms with Crippen molar-refractivity contribution in [1.82, 2.24) is 0 Å². The van der Waals surface area contributed by atoms with E-state index in [0.29, 0.717) is 5.78 Å². The second kappa shape index (κ2) is 12.8. The van der Waals surface area contributed by atoms with E-state index in [9.17, 15) is 4.79 Å². The number of hydrogen-bond acceptors (Lipinski definition) is 1. The molecule has 0 bridgehead atoms. The molecule has 0 spiro atoms. The van der Waals surface area contributed by atoms with Gasteiger partial charge in [0.15, 0.2) is 0 Å². The largest absolute Gasteiger partial charge is 0.300 e. The summed E-state index contributed by atoms with van der Waals surface area (Å²) in [5.41, 5.74) is 0. The zero-order valence-electron chi connectivity index (χ0n) is 6.11. The first-order chi connectivity index (χ1) is 4.27. The zero-order valence-corrected chi connectivity index (χ0v) is 7.11. The smallest absolute Gasteiger partial charge is 0.142 e. The molecule has 0 amide bonds. The second-order valence-corrected chi connectivity index (χ2v) is 3.07. The summed E-state index contributed by atoms with van der Waals surface area (Å²) >= 11 is 0. The molecule has 0 aromatic rings. The van der Waals surface area contributed by atoms with Crippen LogP contribution in [0.25, 0.3) is 0 Å². The molecule has 3 heteroatoms. The number of ketones is 1. The Morgan fingerprint density at radius 1 is 1.45 bits per heavy atom. The molecule has 0 aromatic carbocycles. The summed E-state index contributed by atoms with van der Waals surface area (Å²) < 4.78 is 0. The van der Waals surface area contributed by atoms with Crippen molar-refractivity contribution >= 4 is 21.2 Å². The van der Waals surface area contributed by atoms with Gasteiger partial charge in [0.2, 0.25) is 0 Å². The van der Waals surface area contributed by atoms with Crippen molar-refractivity contribution in [2.75, 3.05) is 6.66 Å². The third kappa shape index (κ3) is 17.8. The van der Waals surface area contributed by atoms with E-state index in [1.54, 1.807) is 6.92 Å². The summed E-state index contributed by atoms with van der Waals surface area (Å²) in [7, 11) is 0.925. The van der Waals surface area contributed by atoms with Crippen molar-refractivity contribution in [1.29, 1.82) is 0 Å². The van der Waals surface area contributed by atoms with E-state index >= 15 is 0 Å². The lowest BCUT2D eigenvalue weighted by Crippen LogP contribution is -1.89. The van der Waals surface area contributed by atoms with E-state index in [4.69, 9.17) is 0 Å². The maximum Gasteiger partial charge on any atom is 0.142 e. The van der Waals surface area contributed by atoms with Crippen molar-refractivity contribution in [2.24, 2.45) is 0 Å². The fourth-order valence-corrected chi connectivity index (χ4v) is 1.09. The maximum absolute atomic E-state index is 10.4. The Balaban J connectivity index is -0.000000320. The number of Topliss-reactive ketones (excluding diaryl/α,β-unsaturated/α-hetero) is 1. The normalized spacial score (nSPS) is 8.55. The van der Waals surface area contributed by atoms with Crippen LogP contribution in [0.3, 0.4) is 0 Å². The van der Waals surface area contributed by atoms with Gasteiger partial charge in [-0.2, -0.15) is 8.46 Å². The van der Waals surface area contributed by atoms with Gasteiger partial charge in [-0.05, 0) is 6.92 Å². The number of rotatable bonds is 5. The lowest BCUT2D eigenvalue weighted by atomic mass is 9.97. The van der Waals surface area contributed by atoms with Crippen molar-refractivity contribution in [2.45, 2.75) is 40.9 Å². The molecule has 0 fully saturated rings. The third-order valence-electron chi connectivity index (χ3n) is 1.08. The average Bonchev–Trinajstić information content (AvgIpc) is 1.80. The third-order valence-corrected chi connectivity index (χ3v) is 1.78. The van der Waals surface area contributed by atoms with Crippen LogP contribution >= 0.6 is 8.46 Å². The molecular weight excluding hydrogens is 154 g/mol. The SMILES string of the molecule is C.C.CP[B]CCCC(C)=O. The topological polar surface area (TPSA) is 17.1 Å². The monoisotopic (exact) mass is 175 g/mol. The molecule has 0 aliphatic heterocycles. The predicted molar refractivity (Wildman–Crippen MR) is 58.2 cm³/mol. The minimum Gasteiger partial charge on any atom is -0.300 e. The van der Waals surface area contributed by atoms with Gasteiger partial charge in [0, 0.05) is 6.42 Å². The summed E-state index contributed by atoms with van der Waals surface area (Å²) in [6, 6.07) is 0. The van der Waals surface area contributed by atoms with Crippen LogP contribution in [0, 0.1) is 0 Å². The highest BCUT2D eigenvalue weighted by atomic mass is 31.1. The van der Waals surface area contributed by atoms with Gasteiger partial charge in [-0.25, -0.2) is 0 Å². The summed E-state index contributed by atoms with van der Waals surface area (Å²) in [6.45, 7) is 6.03. The van der Waals surface area contributed by atoms with Crippen LogP contribution in [-0.2, 0) is 4.79 Å². The molecule has 1 nitrogen and oxygen atoms in total. The Hall–Kier alpha value is 0.165. The lowest BCUT2D eigenvalue weighted by molar-refractivity contribution is -0.117. The van der Waals surface area contributed by atoms with Gasteiger partial charge < -0.3 is 4.79 Å². The van der Waals surface area contributed by atoms with Crippen molar-refractivity contribution in [3.05, 3.63) is 0 Å². The average molecular weight is 175 g/mol. The maximum atomic E-state index is 10.4. The Labute approximate surface area is 74.3 Å².